The van der Waals surface area contributed by atoms with Gasteiger partial charge in [-0.3, -0.25) is 5.41 Å². The lowest BCUT2D eigenvalue weighted by atomic mass is 10.1. The Bertz CT molecular complexity index is 240. The van der Waals surface area contributed by atoms with Crippen molar-refractivity contribution in [3.63, 3.8) is 0 Å². The zero-order valence-corrected chi connectivity index (χ0v) is 9.23. The fourth-order valence-corrected chi connectivity index (χ4v) is 1.06. The average molecular weight is 198 g/mol. The van der Waals surface area contributed by atoms with E-state index in [4.69, 9.17) is 5.41 Å². The summed E-state index contributed by atoms with van der Waals surface area (Å²) in [5.74, 6) is 0.347. The molecular weight excluding hydrogens is 179 g/mol. The molecule has 2 nitrogen and oxygen atoms in total. The molecule has 0 aliphatic carbocycles. The molecular formula is C11H19FN2. The molecule has 0 unspecified atom stereocenters. The molecule has 0 saturated heterocycles. The minimum Gasteiger partial charge on any atom is -0.364 e. The number of hydrogen-bond donors (Lipinski definition) is 1. The van der Waals surface area contributed by atoms with Crippen LogP contribution in [0.25, 0.3) is 0 Å². The fraction of sp³-hybridized carbons (Fsp3) is 0.545. The lowest BCUT2D eigenvalue weighted by Crippen LogP contribution is -2.24. The Morgan fingerprint density at radius 2 is 2.07 bits per heavy atom. The molecule has 0 fully saturated rings. The van der Waals surface area contributed by atoms with Crippen LogP contribution in [-0.4, -0.2) is 24.3 Å². The van der Waals surface area contributed by atoms with Crippen molar-refractivity contribution in [1.29, 1.82) is 5.41 Å². The number of rotatable bonds is 5. The van der Waals surface area contributed by atoms with Crippen LogP contribution >= 0.6 is 0 Å². The van der Waals surface area contributed by atoms with Crippen molar-refractivity contribution in [1.82, 2.24) is 4.90 Å². The van der Waals surface area contributed by atoms with Crippen molar-refractivity contribution in [2.45, 2.75) is 26.7 Å². The van der Waals surface area contributed by atoms with Gasteiger partial charge in [-0.15, -0.1) is 0 Å². The fourth-order valence-electron chi connectivity index (χ4n) is 1.06. The predicted molar refractivity (Wildman–Crippen MR) is 59.3 cm³/mol. The number of hydrogen-bond acceptors (Lipinski definition) is 1. The Balaban J connectivity index is 3.70. The van der Waals surface area contributed by atoms with E-state index in [-0.39, 0.29) is 5.83 Å². The molecule has 1 N–H and O–H groups in total. The van der Waals surface area contributed by atoms with E-state index in [1.807, 2.05) is 11.9 Å². The highest BCUT2D eigenvalue weighted by Crippen LogP contribution is 2.08. The second kappa shape index (κ2) is 6.35. The maximum absolute atomic E-state index is 12.4. The summed E-state index contributed by atoms with van der Waals surface area (Å²) in [4.78, 5) is 1.86. The van der Waals surface area contributed by atoms with Crippen LogP contribution in [0.1, 0.15) is 26.7 Å². The Morgan fingerprint density at radius 1 is 1.50 bits per heavy atom. The van der Waals surface area contributed by atoms with Crippen LogP contribution in [0, 0.1) is 5.41 Å². The molecule has 0 radical (unpaired) electrons. The second-order valence-electron chi connectivity index (χ2n) is 3.50. The normalized spacial score (nSPS) is 11.3. The average Bonchev–Trinajstić information content (AvgIpc) is 2.02. The van der Waals surface area contributed by atoms with E-state index in [0.29, 0.717) is 5.84 Å². The highest BCUT2D eigenvalue weighted by Gasteiger charge is 1.98. The molecule has 0 aromatic rings. The van der Waals surface area contributed by atoms with Gasteiger partial charge in [0.15, 0.2) is 0 Å². The van der Waals surface area contributed by atoms with Gasteiger partial charge in [-0.2, -0.15) is 0 Å². The molecule has 0 atom stereocenters. The quantitative estimate of drug-likeness (QED) is 0.410. The second-order valence-corrected chi connectivity index (χ2v) is 3.50. The predicted octanol–water partition coefficient (Wildman–Crippen LogP) is 3.13. The lowest BCUT2D eigenvalue weighted by Gasteiger charge is -2.16. The minimum absolute atomic E-state index is 0.202. The number of halogens is 1. The molecule has 80 valence electrons. The molecule has 0 bridgehead atoms. The molecule has 0 aromatic heterocycles. The summed E-state index contributed by atoms with van der Waals surface area (Å²) in [6.07, 6.45) is 3.13. The first-order chi connectivity index (χ1) is 6.43. The van der Waals surface area contributed by atoms with Gasteiger partial charge in [-0.05, 0) is 32.8 Å². The van der Waals surface area contributed by atoms with Gasteiger partial charge in [0.2, 0.25) is 0 Å². The maximum Gasteiger partial charge on any atom is 0.0971 e. The van der Waals surface area contributed by atoms with E-state index >= 15 is 0 Å². The molecule has 0 spiro atoms. The van der Waals surface area contributed by atoms with Crippen LogP contribution < -0.4 is 0 Å². The van der Waals surface area contributed by atoms with Crippen LogP contribution in [0.15, 0.2) is 24.1 Å². The molecule has 0 aromatic carbocycles. The molecule has 0 rings (SSSR count). The Morgan fingerprint density at radius 3 is 2.50 bits per heavy atom. The molecule has 0 heterocycles. The summed E-state index contributed by atoms with van der Waals surface area (Å²) in [6, 6.07) is 0. The van der Waals surface area contributed by atoms with Crippen molar-refractivity contribution in [2.24, 2.45) is 0 Å². The first-order valence-electron chi connectivity index (χ1n) is 4.71. The third kappa shape index (κ3) is 6.40. The van der Waals surface area contributed by atoms with Crippen LogP contribution in [0.5, 0.6) is 0 Å². The third-order valence-electron chi connectivity index (χ3n) is 1.97. The molecule has 0 aliphatic rings. The van der Waals surface area contributed by atoms with E-state index in [1.165, 1.54) is 13.0 Å². The summed E-state index contributed by atoms with van der Waals surface area (Å²) in [5.41, 5.74) is 0.807. The van der Waals surface area contributed by atoms with Crippen molar-refractivity contribution in [2.75, 3.05) is 13.6 Å². The van der Waals surface area contributed by atoms with E-state index in [9.17, 15) is 4.39 Å². The highest BCUT2D eigenvalue weighted by atomic mass is 19.1. The number of amidine groups is 1. The molecule has 0 aliphatic heterocycles. The Hall–Kier alpha value is -1.12. The number of nitrogens with zero attached hydrogens (tertiary/aromatic N) is 1. The van der Waals surface area contributed by atoms with Gasteiger partial charge in [0.05, 0.1) is 11.7 Å². The zero-order chi connectivity index (χ0) is 11.1. The maximum atomic E-state index is 12.4. The zero-order valence-electron chi connectivity index (χ0n) is 9.23. The van der Waals surface area contributed by atoms with Crippen molar-refractivity contribution < 1.29 is 4.39 Å². The molecule has 3 heteroatoms. The van der Waals surface area contributed by atoms with Gasteiger partial charge in [0, 0.05) is 13.6 Å². The molecule has 14 heavy (non-hydrogen) atoms. The van der Waals surface area contributed by atoms with Gasteiger partial charge in [-0.1, -0.05) is 12.2 Å². The van der Waals surface area contributed by atoms with Crippen LogP contribution in [0.2, 0.25) is 0 Å². The van der Waals surface area contributed by atoms with Crippen molar-refractivity contribution in [3.05, 3.63) is 24.1 Å². The summed E-state index contributed by atoms with van der Waals surface area (Å²) in [5, 5.41) is 7.33. The van der Waals surface area contributed by atoms with Gasteiger partial charge < -0.3 is 4.90 Å². The number of allylic oxidation sites excluding steroid dienone is 3. The minimum atomic E-state index is -0.202. The largest absolute Gasteiger partial charge is 0.364 e. The van der Waals surface area contributed by atoms with E-state index in [1.54, 1.807) is 6.92 Å². The van der Waals surface area contributed by atoms with Gasteiger partial charge in [-0.25, -0.2) is 4.39 Å². The topological polar surface area (TPSA) is 27.1 Å². The van der Waals surface area contributed by atoms with Crippen molar-refractivity contribution in [3.8, 4) is 0 Å². The SMILES string of the molecule is C=C(/C=C(\C)F)CCCN(C)C(C)=N. The van der Waals surface area contributed by atoms with E-state index < -0.39 is 0 Å². The van der Waals surface area contributed by atoms with Gasteiger partial charge in [0.25, 0.3) is 0 Å². The van der Waals surface area contributed by atoms with Crippen LogP contribution in [0.4, 0.5) is 4.39 Å². The lowest BCUT2D eigenvalue weighted by molar-refractivity contribution is 0.483. The van der Waals surface area contributed by atoms with Gasteiger partial charge >= 0.3 is 0 Å². The van der Waals surface area contributed by atoms with Crippen LogP contribution in [-0.2, 0) is 0 Å². The highest BCUT2D eigenvalue weighted by molar-refractivity contribution is 5.75. The van der Waals surface area contributed by atoms with E-state index in [0.717, 1.165) is 25.0 Å². The number of nitrogens with one attached hydrogen (secondary N) is 1. The molecule has 0 saturated carbocycles. The van der Waals surface area contributed by atoms with Gasteiger partial charge in [0.1, 0.15) is 0 Å². The Labute approximate surface area is 85.6 Å². The van der Waals surface area contributed by atoms with Crippen molar-refractivity contribution >= 4 is 5.84 Å². The standard InChI is InChI=1S/C11H19FN2/c1-9(8-10(2)12)6-5-7-14(4)11(3)13/h8,13H,1,5-7H2,2-4H3/b10-8+,13-11?. The monoisotopic (exact) mass is 198 g/mol. The third-order valence-corrected chi connectivity index (χ3v) is 1.97. The summed E-state index contributed by atoms with van der Waals surface area (Å²) >= 11 is 0. The smallest absolute Gasteiger partial charge is 0.0971 e. The van der Waals surface area contributed by atoms with E-state index in [2.05, 4.69) is 6.58 Å². The summed E-state index contributed by atoms with van der Waals surface area (Å²) < 4.78 is 12.4. The van der Waals surface area contributed by atoms with Crippen LogP contribution in [0.3, 0.4) is 0 Å². The summed E-state index contributed by atoms with van der Waals surface area (Å²) in [6.45, 7) is 7.73. The Kier molecular flexibility index (Phi) is 5.84. The first-order valence-corrected chi connectivity index (χ1v) is 4.71. The summed E-state index contributed by atoms with van der Waals surface area (Å²) in [7, 11) is 1.88. The molecule has 0 amide bonds. The first kappa shape index (κ1) is 12.9.